The van der Waals surface area contributed by atoms with Crippen molar-refractivity contribution in [2.24, 2.45) is 0 Å². The number of nitrogens with zero attached hydrogens (tertiary/aromatic N) is 3. The molecular weight excluding hydrogens is 404 g/mol. The molecule has 0 atom stereocenters. The summed E-state index contributed by atoms with van der Waals surface area (Å²) in [6, 6.07) is 7.78. The maximum atomic E-state index is 12.3. The Hall–Kier alpha value is -2.32. The number of rotatable bonds is 6. The fraction of sp³-hybridized carbons (Fsp3) is 0.176. The van der Waals surface area contributed by atoms with Crippen LogP contribution in [0.3, 0.4) is 0 Å². The van der Waals surface area contributed by atoms with Crippen LogP contribution < -0.4 is 10.1 Å². The highest BCUT2D eigenvalue weighted by atomic mass is 79.9. The van der Waals surface area contributed by atoms with Crippen molar-refractivity contribution in [3.05, 3.63) is 57.9 Å². The van der Waals surface area contributed by atoms with Crippen LogP contribution >= 0.6 is 27.3 Å². The van der Waals surface area contributed by atoms with Crippen LogP contribution in [0.1, 0.15) is 22.3 Å². The van der Waals surface area contributed by atoms with E-state index >= 15 is 0 Å². The quantitative estimate of drug-likeness (QED) is 0.660. The van der Waals surface area contributed by atoms with Gasteiger partial charge in [-0.05, 0) is 24.6 Å². The SMILES string of the molecule is CCOc1cncc(-c2cnc(C(=O)NCc3cccc(Br)c3)s2)n1. The number of halogens is 1. The van der Waals surface area contributed by atoms with E-state index in [2.05, 4.69) is 36.2 Å². The summed E-state index contributed by atoms with van der Waals surface area (Å²) in [4.78, 5) is 25.7. The van der Waals surface area contributed by atoms with Gasteiger partial charge in [-0.3, -0.25) is 9.78 Å². The van der Waals surface area contributed by atoms with Crippen LogP contribution in [-0.2, 0) is 6.54 Å². The first kappa shape index (κ1) is 17.5. The Kier molecular flexibility index (Phi) is 5.72. The van der Waals surface area contributed by atoms with Gasteiger partial charge in [0.25, 0.3) is 5.91 Å². The summed E-state index contributed by atoms with van der Waals surface area (Å²) in [6.07, 6.45) is 4.80. The van der Waals surface area contributed by atoms with E-state index in [4.69, 9.17) is 4.74 Å². The van der Waals surface area contributed by atoms with Crippen molar-refractivity contribution < 1.29 is 9.53 Å². The zero-order chi connectivity index (χ0) is 17.6. The van der Waals surface area contributed by atoms with Crippen molar-refractivity contribution in [3.63, 3.8) is 0 Å². The minimum atomic E-state index is -0.217. The third kappa shape index (κ3) is 4.61. The van der Waals surface area contributed by atoms with Gasteiger partial charge in [-0.25, -0.2) is 9.97 Å². The van der Waals surface area contributed by atoms with E-state index in [-0.39, 0.29) is 5.91 Å². The number of thiazole rings is 1. The highest BCUT2D eigenvalue weighted by molar-refractivity contribution is 9.10. The van der Waals surface area contributed by atoms with Gasteiger partial charge in [0.05, 0.1) is 23.9 Å². The fourth-order valence-electron chi connectivity index (χ4n) is 2.09. The van der Waals surface area contributed by atoms with E-state index in [1.165, 1.54) is 11.3 Å². The van der Waals surface area contributed by atoms with Crippen molar-refractivity contribution in [1.29, 1.82) is 0 Å². The van der Waals surface area contributed by atoms with Crippen LogP contribution in [0.2, 0.25) is 0 Å². The number of carbonyl (C=O) groups is 1. The van der Waals surface area contributed by atoms with Gasteiger partial charge in [0.2, 0.25) is 5.88 Å². The van der Waals surface area contributed by atoms with Crippen LogP contribution in [0.25, 0.3) is 10.6 Å². The minimum absolute atomic E-state index is 0.217. The smallest absolute Gasteiger partial charge is 0.280 e. The third-order valence-corrected chi connectivity index (χ3v) is 4.71. The average molecular weight is 419 g/mol. The van der Waals surface area contributed by atoms with Crippen LogP contribution in [0.15, 0.2) is 47.3 Å². The molecule has 3 rings (SSSR count). The Morgan fingerprint density at radius 3 is 3.00 bits per heavy atom. The number of nitrogens with one attached hydrogen (secondary N) is 1. The van der Waals surface area contributed by atoms with Crippen molar-refractivity contribution in [2.75, 3.05) is 6.61 Å². The Morgan fingerprint density at radius 1 is 1.32 bits per heavy atom. The summed E-state index contributed by atoms with van der Waals surface area (Å²) in [5, 5.41) is 3.25. The average Bonchev–Trinajstić information content (AvgIpc) is 3.11. The van der Waals surface area contributed by atoms with Gasteiger partial charge in [0.15, 0.2) is 5.01 Å². The Balaban J connectivity index is 1.68. The lowest BCUT2D eigenvalue weighted by Gasteiger charge is -2.03. The second kappa shape index (κ2) is 8.17. The van der Waals surface area contributed by atoms with E-state index in [1.807, 2.05) is 31.2 Å². The molecule has 0 fully saturated rings. The number of hydrogen-bond acceptors (Lipinski definition) is 6. The molecule has 25 heavy (non-hydrogen) atoms. The molecule has 0 aliphatic rings. The monoisotopic (exact) mass is 418 g/mol. The van der Waals surface area contributed by atoms with Gasteiger partial charge in [0, 0.05) is 17.2 Å². The molecule has 3 aromatic rings. The molecule has 1 amide bonds. The van der Waals surface area contributed by atoms with Crippen LogP contribution in [0.4, 0.5) is 0 Å². The van der Waals surface area contributed by atoms with Gasteiger partial charge in [0.1, 0.15) is 5.69 Å². The van der Waals surface area contributed by atoms with E-state index < -0.39 is 0 Å². The molecule has 1 N–H and O–H groups in total. The second-order valence-electron chi connectivity index (χ2n) is 5.02. The van der Waals surface area contributed by atoms with Crippen LogP contribution in [0, 0.1) is 0 Å². The molecule has 1 aromatic carbocycles. The highest BCUT2D eigenvalue weighted by Gasteiger charge is 2.13. The number of carbonyl (C=O) groups excluding carboxylic acids is 1. The summed E-state index contributed by atoms with van der Waals surface area (Å²) < 4.78 is 6.32. The molecule has 0 aliphatic heterocycles. The minimum Gasteiger partial charge on any atom is -0.477 e. The standard InChI is InChI=1S/C17H15BrN4O2S/c1-2-24-15-10-19-8-13(22-15)14-9-21-17(25-14)16(23)20-7-11-4-3-5-12(18)6-11/h3-6,8-10H,2,7H2,1H3,(H,20,23). The van der Waals surface area contributed by atoms with Crippen molar-refractivity contribution in [1.82, 2.24) is 20.3 Å². The third-order valence-electron chi connectivity index (χ3n) is 3.20. The predicted octanol–water partition coefficient (Wildman–Crippen LogP) is 3.69. The summed E-state index contributed by atoms with van der Waals surface area (Å²) in [6.45, 7) is 2.84. The molecule has 0 spiro atoms. The zero-order valence-corrected chi connectivity index (χ0v) is 15.8. The summed E-state index contributed by atoms with van der Waals surface area (Å²) in [7, 11) is 0. The lowest BCUT2D eigenvalue weighted by Crippen LogP contribution is -2.22. The highest BCUT2D eigenvalue weighted by Crippen LogP contribution is 2.25. The Morgan fingerprint density at radius 2 is 2.20 bits per heavy atom. The maximum absolute atomic E-state index is 12.3. The number of benzene rings is 1. The van der Waals surface area contributed by atoms with Gasteiger partial charge < -0.3 is 10.1 Å². The Labute approximate surface area is 157 Å². The molecule has 8 heteroatoms. The van der Waals surface area contributed by atoms with Gasteiger partial charge in [-0.1, -0.05) is 28.1 Å². The van der Waals surface area contributed by atoms with Crippen molar-refractivity contribution in [2.45, 2.75) is 13.5 Å². The molecular formula is C17H15BrN4O2S. The molecule has 0 bridgehead atoms. The van der Waals surface area contributed by atoms with E-state index in [0.29, 0.717) is 29.7 Å². The van der Waals surface area contributed by atoms with E-state index in [1.54, 1.807) is 18.6 Å². The first-order valence-corrected chi connectivity index (χ1v) is 9.20. The molecule has 0 aliphatic carbocycles. The van der Waals surface area contributed by atoms with Gasteiger partial charge in [-0.15, -0.1) is 11.3 Å². The fourth-order valence-corrected chi connectivity index (χ4v) is 3.32. The lowest BCUT2D eigenvalue weighted by atomic mass is 10.2. The Bertz CT molecular complexity index is 884. The number of amides is 1. The summed E-state index contributed by atoms with van der Waals surface area (Å²) in [5.41, 5.74) is 1.64. The summed E-state index contributed by atoms with van der Waals surface area (Å²) >= 11 is 4.68. The second-order valence-corrected chi connectivity index (χ2v) is 6.96. The van der Waals surface area contributed by atoms with E-state index in [0.717, 1.165) is 14.9 Å². The number of ether oxygens (including phenoxy) is 1. The maximum Gasteiger partial charge on any atom is 0.280 e. The molecule has 0 saturated heterocycles. The van der Waals surface area contributed by atoms with Gasteiger partial charge >= 0.3 is 0 Å². The number of aromatic nitrogens is 3. The zero-order valence-electron chi connectivity index (χ0n) is 13.4. The van der Waals surface area contributed by atoms with Crippen molar-refractivity contribution >= 4 is 33.2 Å². The molecule has 2 heterocycles. The molecule has 0 saturated carbocycles. The van der Waals surface area contributed by atoms with Crippen LogP contribution in [0.5, 0.6) is 5.88 Å². The van der Waals surface area contributed by atoms with Crippen molar-refractivity contribution in [3.8, 4) is 16.5 Å². The molecule has 0 unspecified atom stereocenters. The largest absolute Gasteiger partial charge is 0.477 e. The van der Waals surface area contributed by atoms with Gasteiger partial charge in [-0.2, -0.15) is 0 Å². The summed E-state index contributed by atoms with van der Waals surface area (Å²) in [5.74, 6) is 0.235. The topological polar surface area (TPSA) is 77.0 Å². The molecule has 2 aromatic heterocycles. The molecule has 128 valence electrons. The first-order chi connectivity index (χ1) is 12.2. The van der Waals surface area contributed by atoms with E-state index in [9.17, 15) is 4.79 Å². The molecule has 0 radical (unpaired) electrons. The van der Waals surface area contributed by atoms with Crippen LogP contribution in [-0.4, -0.2) is 27.5 Å². The lowest BCUT2D eigenvalue weighted by molar-refractivity contribution is 0.0950. The normalized spacial score (nSPS) is 10.5. The first-order valence-electron chi connectivity index (χ1n) is 7.59. The molecule has 6 nitrogen and oxygen atoms in total. The number of hydrogen-bond donors (Lipinski definition) is 1. The predicted molar refractivity (Wildman–Crippen MR) is 99.6 cm³/mol.